The minimum Gasteiger partial charge on any atom is -0.476 e. The third-order valence-electron chi connectivity index (χ3n) is 2.10. The molecule has 0 unspecified atom stereocenters. The van der Waals surface area contributed by atoms with Crippen LogP contribution in [0.5, 0.6) is 0 Å². The Bertz CT molecular complexity index is 366. The number of aliphatic hydroxyl groups is 1. The first-order valence-corrected chi connectivity index (χ1v) is 5.25. The number of nitrogens with two attached hydrogens (primary N) is 1. The normalized spacial score (nSPS) is 10.7. The number of carboxylic acid groups (broad SMARTS) is 1. The van der Waals surface area contributed by atoms with Crippen LogP contribution in [-0.2, 0) is 17.7 Å². The van der Waals surface area contributed by atoms with E-state index in [1.165, 1.54) is 4.68 Å². The van der Waals surface area contributed by atoms with Crippen molar-refractivity contribution >= 4 is 5.97 Å². The van der Waals surface area contributed by atoms with Gasteiger partial charge in [0.2, 0.25) is 0 Å². The summed E-state index contributed by atoms with van der Waals surface area (Å²) in [4.78, 5) is 10.9. The Hall–Kier alpha value is -1.51. The van der Waals surface area contributed by atoms with Crippen molar-refractivity contribution in [3.63, 3.8) is 0 Å². The zero-order valence-electron chi connectivity index (χ0n) is 9.37. The highest BCUT2D eigenvalue weighted by Crippen LogP contribution is 2.06. The lowest BCUT2D eigenvalue weighted by molar-refractivity contribution is 0.0688. The minimum atomic E-state index is -1.11. The molecule has 1 aromatic rings. The number of aliphatic hydroxyl groups excluding tert-OH is 1. The Labute approximate surface area is 98.0 Å². The molecule has 96 valence electrons. The largest absolute Gasteiger partial charge is 0.476 e. The number of rotatable bonds is 8. The molecule has 4 N–H and O–H groups in total. The lowest BCUT2D eigenvalue weighted by Crippen LogP contribution is -2.16. The van der Waals surface area contributed by atoms with Crippen LogP contribution < -0.4 is 5.73 Å². The van der Waals surface area contributed by atoms with Gasteiger partial charge in [-0.05, 0) is 6.54 Å². The molecule has 1 heterocycles. The number of carbonyl (C=O) groups is 1. The molecule has 0 saturated carbocycles. The summed E-state index contributed by atoms with van der Waals surface area (Å²) in [5.41, 5.74) is 5.83. The van der Waals surface area contributed by atoms with Gasteiger partial charge in [0.05, 0.1) is 32.1 Å². The van der Waals surface area contributed by atoms with Crippen molar-refractivity contribution in [3.8, 4) is 0 Å². The van der Waals surface area contributed by atoms with Crippen molar-refractivity contribution < 1.29 is 19.7 Å². The number of nitrogens with zero attached hydrogens (tertiary/aromatic N) is 3. The van der Waals surface area contributed by atoms with Crippen molar-refractivity contribution in [1.82, 2.24) is 15.0 Å². The first-order valence-electron chi connectivity index (χ1n) is 5.25. The van der Waals surface area contributed by atoms with Crippen molar-refractivity contribution in [2.75, 3.05) is 26.4 Å². The van der Waals surface area contributed by atoms with E-state index in [1.54, 1.807) is 0 Å². The lowest BCUT2D eigenvalue weighted by Gasteiger charge is -2.06. The highest BCUT2D eigenvalue weighted by Gasteiger charge is 2.17. The average molecular weight is 244 g/mol. The van der Waals surface area contributed by atoms with Gasteiger partial charge in [0.25, 0.3) is 0 Å². The zero-order valence-corrected chi connectivity index (χ0v) is 9.37. The molecule has 1 aromatic heterocycles. The van der Waals surface area contributed by atoms with E-state index in [9.17, 15) is 4.79 Å². The number of hydrogen-bond donors (Lipinski definition) is 3. The number of aromatic nitrogens is 3. The molecule has 0 aliphatic rings. The standard InChI is InChI=1S/C9H16N4O4/c10-2-1-7-8(9(15)16)11-12-13(7)3-5-17-6-4-14/h14H,1-6,10H2,(H,15,16). The molecule has 0 amide bonds. The molecule has 0 aliphatic heterocycles. The topological polar surface area (TPSA) is 123 Å². The molecular weight excluding hydrogens is 228 g/mol. The molecule has 1 rings (SSSR count). The van der Waals surface area contributed by atoms with Gasteiger partial charge in [-0.3, -0.25) is 0 Å². The van der Waals surface area contributed by atoms with Crippen LogP contribution in [0.2, 0.25) is 0 Å². The van der Waals surface area contributed by atoms with Gasteiger partial charge in [0.15, 0.2) is 5.69 Å². The summed E-state index contributed by atoms with van der Waals surface area (Å²) in [7, 11) is 0. The van der Waals surface area contributed by atoms with Crippen LogP contribution in [0, 0.1) is 0 Å². The summed E-state index contributed by atoms with van der Waals surface area (Å²) in [6, 6.07) is 0. The van der Waals surface area contributed by atoms with Crippen molar-refractivity contribution in [2.24, 2.45) is 5.73 Å². The quantitative estimate of drug-likeness (QED) is 0.475. The van der Waals surface area contributed by atoms with E-state index in [4.69, 9.17) is 20.7 Å². The van der Waals surface area contributed by atoms with Crippen LogP contribution in [-0.4, -0.2) is 57.5 Å². The molecule has 0 radical (unpaired) electrons. The molecule has 0 saturated heterocycles. The van der Waals surface area contributed by atoms with Crippen LogP contribution in [0.15, 0.2) is 0 Å². The van der Waals surface area contributed by atoms with Gasteiger partial charge >= 0.3 is 5.97 Å². The van der Waals surface area contributed by atoms with Crippen LogP contribution in [0.4, 0.5) is 0 Å². The Kier molecular flexibility index (Phi) is 5.53. The molecular formula is C9H16N4O4. The summed E-state index contributed by atoms with van der Waals surface area (Å²) >= 11 is 0. The molecule has 0 spiro atoms. The van der Waals surface area contributed by atoms with Gasteiger partial charge in [-0.2, -0.15) is 0 Å². The fourth-order valence-electron chi connectivity index (χ4n) is 1.38. The van der Waals surface area contributed by atoms with Crippen molar-refractivity contribution in [1.29, 1.82) is 0 Å². The van der Waals surface area contributed by atoms with Crippen LogP contribution in [0.25, 0.3) is 0 Å². The average Bonchev–Trinajstić information content (AvgIpc) is 2.69. The summed E-state index contributed by atoms with van der Waals surface area (Å²) in [5, 5.41) is 24.7. The SMILES string of the molecule is NCCc1c(C(=O)O)nnn1CCOCCO. The first kappa shape index (κ1) is 13.6. The maximum absolute atomic E-state index is 10.9. The highest BCUT2D eigenvalue weighted by atomic mass is 16.5. The number of hydrogen-bond acceptors (Lipinski definition) is 6. The second kappa shape index (κ2) is 6.94. The third kappa shape index (κ3) is 3.77. The lowest BCUT2D eigenvalue weighted by atomic mass is 10.2. The number of aromatic carboxylic acids is 1. The van der Waals surface area contributed by atoms with Crippen LogP contribution in [0.3, 0.4) is 0 Å². The summed E-state index contributed by atoms with van der Waals surface area (Å²) in [6.45, 7) is 1.24. The van der Waals surface area contributed by atoms with E-state index in [-0.39, 0.29) is 18.9 Å². The Balaban J connectivity index is 2.67. The Morgan fingerprint density at radius 1 is 1.47 bits per heavy atom. The molecule has 17 heavy (non-hydrogen) atoms. The van der Waals surface area contributed by atoms with Gasteiger partial charge in [-0.25, -0.2) is 9.48 Å². The monoisotopic (exact) mass is 244 g/mol. The molecule has 8 heteroatoms. The molecule has 0 aromatic carbocycles. The smallest absolute Gasteiger partial charge is 0.358 e. The predicted molar refractivity (Wildman–Crippen MR) is 57.6 cm³/mol. The van der Waals surface area contributed by atoms with E-state index in [2.05, 4.69) is 10.3 Å². The molecule has 0 fully saturated rings. The van der Waals surface area contributed by atoms with E-state index in [0.717, 1.165) is 0 Å². The molecule has 0 bridgehead atoms. The van der Waals surface area contributed by atoms with Gasteiger partial charge in [0.1, 0.15) is 0 Å². The zero-order chi connectivity index (χ0) is 12.7. The fraction of sp³-hybridized carbons (Fsp3) is 0.667. The van der Waals surface area contributed by atoms with E-state index >= 15 is 0 Å². The second-order valence-corrected chi connectivity index (χ2v) is 3.29. The first-order chi connectivity index (χ1) is 8.20. The van der Waals surface area contributed by atoms with Gasteiger partial charge in [-0.15, -0.1) is 5.10 Å². The number of carboxylic acids is 1. The van der Waals surface area contributed by atoms with E-state index in [1.807, 2.05) is 0 Å². The van der Waals surface area contributed by atoms with Crippen molar-refractivity contribution in [2.45, 2.75) is 13.0 Å². The van der Waals surface area contributed by atoms with Gasteiger partial charge < -0.3 is 20.7 Å². The van der Waals surface area contributed by atoms with Gasteiger partial charge in [0, 0.05) is 6.42 Å². The van der Waals surface area contributed by atoms with Crippen LogP contribution in [0.1, 0.15) is 16.2 Å². The summed E-state index contributed by atoms with van der Waals surface area (Å²) in [6.07, 6.45) is 0.397. The van der Waals surface area contributed by atoms with E-state index < -0.39 is 5.97 Å². The Morgan fingerprint density at radius 3 is 2.82 bits per heavy atom. The minimum absolute atomic E-state index is 0.0482. The Morgan fingerprint density at radius 2 is 2.24 bits per heavy atom. The van der Waals surface area contributed by atoms with Gasteiger partial charge in [-0.1, -0.05) is 5.21 Å². The molecule has 8 nitrogen and oxygen atoms in total. The second-order valence-electron chi connectivity index (χ2n) is 3.29. The van der Waals surface area contributed by atoms with Crippen molar-refractivity contribution in [3.05, 3.63) is 11.4 Å². The predicted octanol–water partition coefficient (Wildman–Crippen LogP) is -1.51. The van der Waals surface area contributed by atoms with E-state index in [0.29, 0.717) is 31.8 Å². The molecule has 0 atom stereocenters. The highest BCUT2D eigenvalue weighted by molar-refractivity contribution is 5.86. The summed E-state index contributed by atoms with van der Waals surface area (Å²) in [5.74, 6) is -1.11. The maximum atomic E-state index is 10.9. The summed E-state index contributed by atoms with van der Waals surface area (Å²) < 4.78 is 6.54. The maximum Gasteiger partial charge on any atom is 0.358 e. The number of ether oxygens (including phenoxy) is 1. The fourth-order valence-corrected chi connectivity index (χ4v) is 1.38. The molecule has 0 aliphatic carbocycles. The van der Waals surface area contributed by atoms with Crippen LogP contribution >= 0.6 is 0 Å². The third-order valence-corrected chi connectivity index (χ3v) is 2.10.